The van der Waals surface area contributed by atoms with Gasteiger partial charge >= 0.3 is 6.03 Å². The molecule has 1 N–H and O–H groups in total. The van der Waals surface area contributed by atoms with E-state index >= 15 is 0 Å². The van der Waals surface area contributed by atoms with Gasteiger partial charge in [0.1, 0.15) is 11.5 Å². The molecule has 2 fully saturated rings. The Morgan fingerprint density at radius 1 is 0.929 bits per heavy atom. The van der Waals surface area contributed by atoms with Gasteiger partial charge in [-0.25, -0.2) is 4.79 Å². The molecule has 6 heteroatoms. The van der Waals surface area contributed by atoms with Crippen molar-refractivity contribution in [1.29, 1.82) is 0 Å². The molecule has 1 saturated heterocycles. The van der Waals surface area contributed by atoms with Crippen molar-refractivity contribution < 1.29 is 14.3 Å². The molecule has 1 aliphatic heterocycles. The van der Waals surface area contributed by atoms with E-state index in [2.05, 4.69) is 5.32 Å². The van der Waals surface area contributed by atoms with Crippen LogP contribution in [0.4, 0.5) is 10.5 Å². The number of amides is 3. The van der Waals surface area contributed by atoms with Crippen LogP contribution >= 0.6 is 0 Å². The number of nitrogens with one attached hydrogen (secondary N) is 1. The van der Waals surface area contributed by atoms with E-state index in [0.29, 0.717) is 26.2 Å². The van der Waals surface area contributed by atoms with Gasteiger partial charge in [0.15, 0.2) is 0 Å². The monoisotopic (exact) mass is 379 g/mol. The van der Waals surface area contributed by atoms with Gasteiger partial charge in [-0.05, 0) is 61.7 Å². The van der Waals surface area contributed by atoms with Crippen molar-refractivity contribution in [1.82, 2.24) is 9.80 Å². The van der Waals surface area contributed by atoms with E-state index in [0.717, 1.165) is 35.6 Å². The molecule has 6 nitrogen and oxygen atoms in total. The quantitative estimate of drug-likeness (QED) is 0.877. The van der Waals surface area contributed by atoms with Gasteiger partial charge in [0, 0.05) is 37.8 Å². The van der Waals surface area contributed by atoms with Crippen molar-refractivity contribution in [3.8, 4) is 11.5 Å². The standard InChI is InChI=1S/C22H25N3O3/c1-16-3-2-4-20(15-16)28-19-9-7-18(8-10-19)23-22(27)25-13-11-24(12-14-25)21(26)17-5-6-17/h2-4,7-10,15,17H,5-6,11-14H2,1H3,(H,23,27). The lowest BCUT2D eigenvalue weighted by Crippen LogP contribution is -2.52. The third-order valence-corrected chi connectivity index (χ3v) is 5.14. The van der Waals surface area contributed by atoms with Crippen LogP contribution < -0.4 is 10.1 Å². The average molecular weight is 379 g/mol. The molecular formula is C22H25N3O3. The summed E-state index contributed by atoms with van der Waals surface area (Å²) >= 11 is 0. The number of rotatable bonds is 4. The molecule has 2 aromatic carbocycles. The first kappa shape index (κ1) is 18.3. The summed E-state index contributed by atoms with van der Waals surface area (Å²) in [6.07, 6.45) is 2.03. The predicted octanol–water partition coefficient (Wildman–Crippen LogP) is 3.87. The maximum Gasteiger partial charge on any atom is 0.321 e. The zero-order chi connectivity index (χ0) is 19.5. The third-order valence-electron chi connectivity index (χ3n) is 5.14. The molecule has 0 aromatic heterocycles. The summed E-state index contributed by atoms with van der Waals surface area (Å²) in [7, 11) is 0. The molecule has 146 valence electrons. The van der Waals surface area contributed by atoms with Crippen LogP contribution in [-0.4, -0.2) is 47.9 Å². The smallest absolute Gasteiger partial charge is 0.321 e. The van der Waals surface area contributed by atoms with Gasteiger partial charge < -0.3 is 19.9 Å². The van der Waals surface area contributed by atoms with Gasteiger partial charge in [0.2, 0.25) is 5.91 Å². The van der Waals surface area contributed by atoms with Gasteiger partial charge in [-0.1, -0.05) is 12.1 Å². The van der Waals surface area contributed by atoms with Gasteiger partial charge in [-0.2, -0.15) is 0 Å². The second-order valence-electron chi connectivity index (χ2n) is 7.46. The number of hydrogen-bond acceptors (Lipinski definition) is 3. The number of anilines is 1. The molecule has 3 amide bonds. The number of aryl methyl sites for hydroxylation is 1. The van der Waals surface area contributed by atoms with E-state index in [1.54, 1.807) is 4.90 Å². The van der Waals surface area contributed by atoms with E-state index in [-0.39, 0.29) is 17.9 Å². The topological polar surface area (TPSA) is 61.9 Å². The highest BCUT2D eigenvalue weighted by Gasteiger charge is 2.35. The molecule has 1 saturated carbocycles. The number of carbonyl (C=O) groups excluding carboxylic acids is 2. The zero-order valence-electron chi connectivity index (χ0n) is 16.1. The van der Waals surface area contributed by atoms with Crippen LogP contribution in [0.25, 0.3) is 0 Å². The van der Waals surface area contributed by atoms with Crippen LogP contribution in [-0.2, 0) is 4.79 Å². The minimum Gasteiger partial charge on any atom is -0.457 e. The fraction of sp³-hybridized carbons (Fsp3) is 0.364. The van der Waals surface area contributed by atoms with Crippen LogP contribution in [0.2, 0.25) is 0 Å². The van der Waals surface area contributed by atoms with Crippen LogP contribution in [0.1, 0.15) is 18.4 Å². The number of nitrogens with zero attached hydrogens (tertiary/aromatic N) is 2. The molecule has 2 aromatic rings. The molecule has 2 aliphatic rings. The number of urea groups is 1. The van der Waals surface area contributed by atoms with Gasteiger partial charge in [0.25, 0.3) is 0 Å². The summed E-state index contributed by atoms with van der Waals surface area (Å²) < 4.78 is 5.83. The lowest BCUT2D eigenvalue weighted by Gasteiger charge is -2.34. The van der Waals surface area contributed by atoms with E-state index in [4.69, 9.17) is 4.74 Å². The Morgan fingerprint density at radius 2 is 1.61 bits per heavy atom. The Labute approximate surface area is 165 Å². The van der Waals surface area contributed by atoms with E-state index < -0.39 is 0 Å². The highest BCUT2D eigenvalue weighted by molar-refractivity contribution is 5.89. The summed E-state index contributed by atoms with van der Waals surface area (Å²) in [6, 6.07) is 15.1. The number of hydrogen-bond donors (Lipinski definition) is 1. The first-order chi connectivity index (χ1) is 13.6. The maximum absolute atomic E-state index is 12.5. The average Bonchev–Trinajstić information content (AvgIpc) is 3.54. The SMILES string of the molecule is Cc1cccc(Oc2ccc(NC(=O)N3CCN(C(=O)C4CC4)CC3)cc2)c1. The van der Waals surface area contributed by atoms with E-state index in [1.807, 2.05) is 60.4 Å². The Morgan fingerprint density at radius 3 is 2.25 bits per heavy atom. The molecule has 0 spiro atoms. The number of benzene rings is 2. The predicted molar refractivity (Wildman–Crippen MR) is 108 cm³/mol. The molecule has 28 heavy (non-hydrogen) atoms. The molecule has 0 unspecified atom stereocenters. The number of ether oxygens (including phenoxy) is 1. The lowest BCUT2D eigenvalue weighted by molar-refractivity contribution is -0.133. The van der Waals surface area contributed by atoms with Crippen molar-refractivity contribution in [2.24, 2.45) is 5.92 Å². The minimum atomic E-state index is -0.133. The minimum absolute atomic E-state index is 0.133. The van der Waals surface area contributed by atoms with Crippen LogP contribution in [0.15, 0.2) is 48.5 Å². The molecule has 0 atom stereocenters. The fourth-order valence-electron chi connectivity index (χ4n) is 3.34. The zero-order valence-corrected chi connectivity index (χ0v) is 16.1. The lowest BCUT2D eigenvalue weighted by atomic mass is 10.2. The van der Waals surface area contributed by atoms with Crippen LogP contribution in [0, 0.1) is 12.8 Å². The highest BCUT2D eigenvalue weighted by atomic mass is 16.5. The van der Waals surface area contributed by atoms with E-state index in [1.165, 1.54) is 0 Å². The second-order valence-corrected chi connectivity index (χ2v) is 7.46. The van der Waals surface area contributed by atoms with Crippen LogP contribution in [0.5, 0.6) is 11.5 Å². The van der Waals surface area contributed by atoms with Gasteiger partial charge in [-0.15, -0.1) is 0 Å². The molecule has 4 rings (SSSR count). The van der Waals surface area contributed by atoms with Crippen molar-refractivity contribution in [2.45, 2.75) is 19.8 Å². The maximum atomic E-state index is 12.5. The van der Waals surface area contributed by atoms with Gasteiger partial charge in [0.05, 0.1) is 0 Å². The summed E-state index contributed by atoms with van der Waals surface area (Å²) in [5.41, 5.74) is 1.86. The normalized spacial score (nSPS) is 16.6. The molecular weight excluding hydrogens is 354 g/mol. The second kappa shape index (κ2) is 7.92. The molecule has 0 radical (unpaired) electrons. The largest absolute Gasteiger partial charge is 0.457 e. The fourth-order valence-corrected chi connectivity index (χ4v) is 3.34. The summed E-state index contributed by atoms with van der Waals surface area (Å²) in [5, 5.41) is 2.92. The summed E-state index contributed by atoms with van der Waals surface area (Å²) in [6.45, 7) is 4.39. The Bertz CT molecular complexity index is 854. The van der Waals surface area contributed by atoms with Gasteiger partial charge in [-0.3, -0.25) is 4.79 Å². The molecule has 1 aliphatic carbocycles. The summed E-state index contributed by atoms with van der Waals surface area (Å²) in [4.78, 5) is 28.2. The Hall–Kier alpha value is -3.02. The Balaban J connectivity index is 1.28. The highest BCUT2D eigenvalue weighted by Crippen LogP contribution is 2.31. The molecule has 1 heterocycles. The van der Waals surface area contributed by atoms with Crippen molar-refractivity contribution in [3.63, 3.8) is 0 Å². The van der Waals surface area contributed by atoms with Crippen molar-refractivity contribution in [2.75, 3.05) is 31.5 Å². The number of carbonyl (C=O) groups is 2. The summed E-state index contributed by atoms with van der Waals surface area (Å²) in [5.74, 6) is 2.00. The first-order valence-electron chi connectivity index (χ1n) is 9.78. The van der Waals surface area contributed by atoms with E-state index in [9.17, 15) is 9.59 Å². The van der Waals surface area contributed by atoms with Crippen molar-refractivity contribution in [3.05, 3.63) is 54.1 Å². The number of piperazine rings is 1. The van der Waals surface area contributed by atoms with Crippen LogP contribution in [0.3, 0.4) is 0 Å². The first-order valence-corrected chi connectivity index (χ1v) is 9.78. The molecule has 0 bridgehead atoms. The third kappa shape index (κ3) is 4.44. The Kier molecular flexibility index (Phi) is 5.19. The van der Waals surface area contributed by atoms with Crippen molar-refractivity contribution >= 4 is 17.6 Å².